The number of rotatable bonds is 7. The first-order valence-corrected chi connectivity index (χ1v) is 12.8. The molecular weight excluding hydrogens is 523 g/mol. The number of nitrogens with zero attached hydrogens (tertiary/aromatic N) is 2. The number of halogens is 2. The molecule has 192 valence electrons. The van der Waals surface area contributed by atoms with Gasteiger partial charge in [0.1, 0.15) is 29.5 Å². The molecule has 8 heteroatoms. The molecule has 0 aliphatic heterocycles. The minimum Gasteiger partial charge on any atom is -0.489 e. The Hall–Kier alpha value is -3.87. The molecule has 0 atom stereocenters. The summed E-state index contributed by atoms with van der Waals surface area (Å²) in [6.45, 7) is 4.30. The third kappa shape index (κ3) is 5.10. The van der Waals surface area contributed by atoms with Crippen molar-refractivity contribution in [2.45, 2.75) is 26.4 Å². The van der Waals surface area contributed by atoms with Gasteiger partial charge in [-0.1, -0.05) is 72.5 Å². The lowest BCUT2D eigenvalue weighted by atomic mass is 10.0. The predicted octanol–water partition coefficient (Wildman–Crippen LogP) is 8.35. The molecule has 5 rings (SSSR count). The molecule has 0 saturated carbocycles. The van der Waals surface area contributed by atoms with Gasteiger partial charge in [0.25, 0.3) is 0 Å². The van der Waals surface area contributed by atoms with Gasteiger partial charge >= 0.3 is 5.97 Å². The van der Waals surface area contributed by atoms with Gasteiger partial charge in [-0.05, 0) is 53.2 Å². The lowest BCUT2D eigenvalue weighted by molar-refractivity contribution is 0.0594. The van der Waals surface area contributed by atoms with Gasteiger partial charge in [-0.15, -0.1) is 0 Å². The van der Waals surface area contributed by atoms with E-state index in [4.69, 9.17) is 37.2 Å². The maximum atomic E-state index is 11.9. The highest BCUT2D eigenvalue weighted by atomic mass is 35.5. The molecule has 0 spiro atoms. The van der Waals surface area contributed by atoms with Crippen molar-refractivity contribution in [1.82, 2.24) is 10.1 Å². The highest BCUT2D eigenvalue weighted by molar-refractivity contribution is 6.39. The highest BCUT2D eigenvalue weighted by Crippen LogP contribution is 2.39. The largest absolute Gasteiger partial charge is 0.489 e. The molecule has 0 radical (unpaired) electrons. The monoisotopic (exact) mass is 546 g/mol. The number of fused-ring (bicyclic) bond motifs is 1. The molecule has 0 amide bonds. The van der Waals surface area contributed by atoms with Crippen molar-refractivity contribution in [2.24, 2.45) is 0 Å². The predicted molar refractivity (Wildman–Crippen MR) is 149 cm³/mol. The number of carbonyl (C=O) groups is 1. The van der Waals surface area contributed by atoms with Crippen LogP contribution in [-0.2, 0) is 11.3 Å². The van der Waals surface area contributed by atoms with Gasteiger partial charge in [-0.25, -0.2) is 9.78 Å². The minimum absolute atomic E-state index is 0.0948. The molecule has 0 saturated heterocycles. The van der Waals surface area contributed by atoms with E-state index in [1.165, 1.54) is 7.11 Å². The Labute approximate surface area is 230 Å². The number of pyridine rings is 1. The average molecular weight is 547 g/mol. The summed E-state index contributed by atoms with van der Waals surface area (Å²) in [4.78, 5) is 16.3. The fraction of sp³-hybridized carbons (Fsp3) is 0.167. The van der Waals surface area contributed by atoms with Crippen LogP contribution in [0.4, 0.5) is 0 Å². The van der Waals surface area contributed by atoms with E-state index in [-0.39, 0.29) is 18.2 Å². The Bertz CT molecular complexity index is 1620. The first-order chi connectivity index (χ1) is 18.4. The molecular formula is C30H24Cl2N2O4. The van der Waals surface area contributed by atoms with Crippen molar-refractivity contribution in [3.8, 4) is 28.3 Å². The van der Waals surface area contributed by atoms with Gasteiger partial charge in [-0.3, -0.25) is 0 Å². The van der Waals surface area contributed by atoms with E-state index in [0.29, 0.717) is 32.7 Å². The number of ether oxygens (including phenoxy) is 2. The molecule has 2 aromatic heterocycles. The van der Waals surface area contributed by atoms with Crippen LogP contribution in [0.5, 0.6) is 5.75 Å². The second kappa shape index (κ2) is 10.9. The Kier molecular flexibility index (Phi) is 7.36. The lowest BCUT2D eigenvalue weighted by Gasteiger charge is -2.11. The first-order valence-electron chi connectivity index (χ1n) is 12.0. The second-order valence-electron chi connectivity index (χ2n) is 9.04. The first kappa shape index (κ1) is 25.8. The summed E-state index contributed by atoms with van der Waals surface area (Å²) >= 11 is 12.9. The fourth-order valence-electron chi connectivity index (χ4n) is 4.28. The molecule has 0 bridgehead atoms. The van der Waals surface area contributed by atoms with Crippen molar-refractivity contribution in [1.29, 1.82) is 0 Å². The summed E-state index contributed by atoms with van der Waals surface area (Å²) in [5.41, 5.74) is 3.86. The van der Waals surface area contributed by atoms with Gasteiger partial charge in [-0.2, -0.15) is 0 Å². The Morgan fingerprint density at radius 3 is 2.39 bits per heavy atom. The zero-order valence-electron chi connectivity index (χ0n) is 21.0. The van der Waals surface area contributed by atoms with E-state index in [9.17, 15) is 4.79 Å². The van der Waals surface area contributed by atoms with E-state index in [1.807, 2.05) is 56.3 Å². The van der Waals surface area contributed by atoms with Crippen LogP contribution in [-0.4, -0.2) is 23.2 Å². The van der Waals surface area contributed by atoms with Crippen LogP contribution in [0, 0.1) is 0 Å². The van der Waals surface area contributed by atoms with Crippen molar-refractivity contribution >= 4 is 39.9 Å². The van der Waals surface area contributed by atoms with E-state index in [0.717, 1.165) is 27.7 Å². The standard InChI is InChI=1S/C30H24Cl2N2O4/c1-17(2)29-22(28(34-38-29)27-23(31)6-4-7-24(27)32)16-37-21-13-12-18-14-20(11-10-19(18)15-21)25-8-5-9-26(33-25)30(35)36-3/h4-15,17H,16H2,1-3H3. The summed E-state index contributed by atoms with van der Waals surface area (Å²) in [6, 6.07) is 22.5. The number of carbonyl (C=O) groups excluding carboxylic acids is 1. The number of esters is 1. The normalized spacial score (nSPS) is 11.2. The van der Waals surface area contributed by atoms with Crippen LogP contribution in [0.2, 0.25) is 10.0 Å². The van der Waals surface area contributed by atoms with E-state index in [2.05, 4.69) is 10.1 Å². The molecule has 0 unspecified atom stereocenters. The third-order valence-electron chi connectivity index (χ3n) is 6.18. The quantitative estimate of drug-likeness (QED) is 0.191. The zero-order chi connectivity index (χ0) is 26.8. The van der Waals surface area contributed by atoms with E-state index < -0.39 is 5.97 Å². The summed E-state index contributed by atoms with van der Waals surface area (Å²) in [7, 11) is 1.34. The Balaban J connectivity index is 1.42. The Morgan fingerprint density at radius 1 is 0.947 bits per heavy atom. The molecule has 5 aromatic rings. The van der Waals surface area contributed by atoms with Crippen LogP contribution < -0.4 is 4.74 Å². The number of methoxy groups -OCH3 is 1. The molecule has 38 heavy (non-hydrogen) atoms. The molecule has 0 aliphatic rings. The van der Waals surface area contributed by atoms with Crippen molar-refractivity contribution in [3.63, 3.8) is 0 Å². The molecule has 0 aliphatic carbocycles. The smallest absolute Gasteiger partial charge is 0.356 e. The molecule has 2 heterocycles. The minimum atomic E-state index is -0.470. The highest BCUT2D eigenvalue weighted by Gasteiger charge is 2.24. The number of hydrogen-bond donors (Lipinski definition) is 0. The molecule has 6 nitrogen and oxygen atoms in total. The van der Waals surface area contributed by atoms with Crippen LogP contribution in [0.1, 0.15) is 41.6 Å². The topological polar surface area (TPSA) is 74.5 Å². The number of benzene rings is 3. The molecule has 0 fully saturated rings. The maximum absolute atomic E-state index is 11.9. The van der Waals surface area contributed by atoms with Crippen LogP contribution in [0.25, 0.3) is 33.3 Å². The maximum Gasteiger partial charge on any atom is 0.356 e. The SMILES string of the molecule is COC(=O)c1cccc(-c2ccc3cc(OCc4c(-c5c(Cl)cccc5Cl)noc4C(C)C)ccc3c2)n1. The summed E-state index contributed by atoms with van der Waals surface area (Å²) in [5, 5.41) is 7.30. The van der Waals surface area contributed by atoms with E-state index >= 15 is 0 Å². The fourth-order valence-corrected chi connectivity index (χ4v) is 4.85. The molecule has 0 N–H and O–H groups in total. The number of hydrogen-bond acceptors (Lipinski definition) is 6. The van der Waals surface area contributed by atoms with Crippen LogP contribution >= 0.6 is 23.2 Å². The van der Waals surface area contributed by atoms with Gasteiger partial charge in [0.05, 0.1) is 28.4 Å². The van der Waals surface area contributed by atoms with Crippen molar-refractivity contribution < 1.29 is 18.8 Å². The van der Waals surface area contributed by atoms with Crippen LogP contribution in [0.15, 0.2) is 77.3 Å². The lowest BCUT2D eigenvalue weighted by Crippen LogP contribution is -2.04. The number of aromatic nitrogens is 2. The van der Waals surface area contributed by atoms with Gasteiger partial charge in [0.15, 0.2) is 0 Å². The second-order valence-corrected chi connectivity index (χ2v) is 9.85. The van der Waals surface area contributed by atoms with Crippen molar-refractivity contribution in [2.75, 3.05) is 7.11 Å². The third-order valence-corrected chi connectivity index (χ3v) is 6.81. The van der Waals surface area contributed by atoms with Gasteiger partial charge in [0, 0.05) is 17.0 Å². The van der Waals surface area contributed by atoms with Crippen LogP contribution in [0.3, 0.4) is 0 Å². The molecule has 3 aromatic carbocycles. The Morgan fingerprint density at radius 2 is 1.66 bits per heavy atom. The zero-order valence-corrected chi connectivity index (χ0v) is 22.5. The van der Waals surface area contributed by atoms with Crippen molar-refractivity contribution in [3.05, 3.63) is 99.9 Å². The summed E-state index contributed by atoms with van der Waals surface area (Å²) in [5.74, 6) is 1.05. The van der Waals surface area contributed by atoms with Gasteiger partial charge in [0.2, 0.25) is 0 Å². The van der Waals surface area contributed by atoms with E-state index in [1.54, 1.807) is 30.3 Å². The average Bonchev–Trinajstić information content (AvgIpc) is 3.34. The summed E-state index contributed by atoms with van der Waals surface area (Å²) < 4.78 is 16.7. The summed E-state index contributed by atoms with van der Waals surface area (Å²) in [6.07, 6.45) is 0. The van der Waals surface area contributed by atoms with Gasteiger partial charge < -0.3 is 14.0 Å².